The van der Waals surface area contributed by atoms with E-state index in [9.17, 15) is 14.9 Å². The number of carbonyl (C=O) groups is 1. The number of ether oxygens (including phenoxy) is 1. The number of aromatic nitrogens is 2. The second-order valence-electron chi connectivity index (χ2n) is 3.20. The maximum absolute atomic E-state index is 11.6. The summed E-state index contributed by atoms with van der Waals surface area (Å²) in [5, 5.41) is 10.8. The molecule has 17 heavy (non-hydrogen) atoms. The average Bonchev–Trinajstić information content (AvgIpc) is 2.72. The van der Waals surface area contributed by atoms with Crippen molar-refractivity contribution in [2.45, 2.75) is 6.92 Å². The molecular formula is C10H9N3O4. The van der Waals surface area contributed by atoms with Crippen molar-refractivity contribution in [3.8, 4) is 0 Å². The number of imidazole rings is 1. The van der Waals surface area contributed by atoms with Crippen LogP contribution in [-0.2, 0) is 4.74 Å². The van der Waals surface area contributed by atoms with E-state index in [1.54, 1.807) is 19.1 Å². The van der Waals surface area contributed by atoms with Crippen molar-refractivity contribution >= 4 is 17.4 Å². The van der Waals surface area contributed by atoms with Gasteiger partial charge >= 0.3 is 11.8 Å². The van der Waals surface area contributed by atoms with Crippen molar-refractivity contribution in [2.24, 2.45) is 0 Å². The molecule has 0 fully saturated rings. The van der Waals surface area contributed by atoms with Crippen molar-refractivity contribution in [1.29, 1.82) is 0 Å². The largest absolute Gasteiger partial charge is 0.460 e. The fraction of sp³-hybridized carbons (Fsp3) is 0.200. The summed E-state index contributed by atoms with van der Waals surface area (Å²) in [5.74, 6) is -0.872. The minimum atomic E-state index is -0.612. The Morgan fingerprint density at radius 1 is 1.59 bits per heavy atom. The normalized spacial score (nSPS) is 10.4. The van der Waals surface area contributed by atoms with Gasteiger partial charge in [0.2, 0.25) is 11.3 Å². The van der Waals surface area contributed by atoms with Crippen LogP contribution < -0.4 is 0 Å². The van der Waals surface area contributed by atoms with Crippen LogP contribution in [-0.4, -0.2) is 26.9 Å². The van der Waals surface area contributed by atoms with Crippen molar-refractivity contribution in [2.75, 3.05) is 6.61 Å². The van der Waals surface area contributed by atoms with Crippen LogP contribution in [0.15, 0.2) is 24.4 Å². The first-order chi connectivity index (χ1) is 8.15. The molecule has 0 aliphatic rings. The first-order valence-corrected chi connectivity index (χ1v) is 4.93. The first kappa shape index (κ1) is 11.1. The lowest BCUT2D eigenvalue weighted by atomic mass is 10.3. The highest BCUT2D eigenvalue weighted by Crippen LogP contribution is 2.17. The van der Waals surface area contributed by atoms with Gasteiger partial charge in [0, 0.05) is 6.07 Å². The van der Waals surface area contributed by atoms with E-state index in [2.05, 4.69) is 4.98 Å². The van der Waals surface area contributed by atoms with Crippen LogP contribution in [0.2, 0.25) is 0 Å². The molecule has 0 atom stereocenters. The van der Waals surface area contributed by atoms with Crippen molar-refractivity contribution < 1.29 is 14.5 Å². The maximum Gasteiger partial charge on any atom is 0.378 e. The van der Waals surface area contributed by atoms with Crippen LogP contribution in [0.3, 0.4) is 0 Å². The number of rotatable bonds is 3. The third kappa shape index (κ3) is 1.82. The lowest BCUT2D eigenvalue weighted by Gasteiger charge is -2.01. The molecule has 0 bridgehead atoms. The zero-order chi connectivity index (χ0) is 12.4. The summed E-state index contributed by atoms with van der Waals surface area (Å²) in [6.07, 6.45) is 1.11. The summed E-state index contributed by atoms with van der Waals surface area (Å²) in [7, 11) is 0. The quantitative estimate of drug-likeness (QED) is 0.456. The molecule has 2 heterocycles. The Morgan fingerprint density at radius 2 is 2.35 bits per heavy atom. The Morgan fingerprint density at radius 3 is 3.00 bits per heavy atom. The molecule has 7 heteroatoms. The fourth-order valence-electron chi connectivity index (χ4n) is 1.51. The lowest BCUT2D eigenvalue weighted by Crippen LogP contribution is -2.11. The third-order valence-electron chi connectivity index (χ3n) is 2.18. The third-order valence-corrected chi connectivity index (χ3v) is 2.18. The number of hydrogen-bond acceptors (Lipinski definition) is 5. The van der Waals surface area contributed by atoms with Gasteiger partial charge in [-0.1, -0.05) is 6.07 Å². The summed E-state index contributed by atoms with van der Waals surface area (Å²) in [6, 6.07) is 4.63. The molecule has 0 amide bonds. The highest BCUT2D eigenvalue weighted by molar-refractivity contribution is 5.88. The second-order valence-corrected chi connectivity index (χ2v) is 3.20. The monoisotopic (exact) mass is 235 g/mol. The van der Waals surface area contributed by atoms with Crippen LogP contribution in [0.5, 0.6) is 0 Å². The molecule has 0 saturated heterocycles. The van der Waals surface area contributed by atoms with Gasteiger partial charge in [-0.3, -0.25) is 0 Å². The summed E-state index contributed by atoms with van der Waals surface area (Å²) in [5.41, 5.74) is 0.427. The molecule has 7 nitrogen and oxygen atoms in total. The zero-order valence-corrected chi connectivity index (χ0v) is 8.99. The van der Waals surface area contributed by atoms with Crippen LogP contribution in [0.25, 0.3) is 5.65 Å². The molecule has 0 spiro atoms. The maximum atomic E-state index is 11.6. The van der Waals surface area contributed by atoms with Crippen molar-refractivity contribution in [1.82, 2.24) is 9.38 Å². The molecule has 0 aliphatic heterocycles. The number of carbonyl (C=O) groups excluding carboxylic acids is 1. The van der Waals surface area contributed by atoms with Gasteiger partial charge < -0.3 is 14.9 Å². The van der Waals surface area contributed by atoms with E-state index in [0.717, 1.165) is 10.6 Å². The summed E-state index contributed by atoms with van der Waals surface area (Å²) >= 11 is 0. The van der Waals surface area contributed by atoms with Crippen LogP contribution >= 0.6 is 0 Å². The van der Waals surface area contributed by atoms with E-state index in [0.29, 0.717) is 5.65 Å². The van der Waals surface area contributed by atoms with Crippen molar-refractivity contribution in [3.63, 3.8) is 0 Å². The molecule has 0 aromatic carbocycles. The number of pyridine rings is 1. The lowest BCUT2D eigenvalue weighted by molar-refractivity contribution is -0.390. The summed E-state index contributed by atoms with van der Waals surface area (Å²) in [4.78, 5) is 25.7. The van der Waals surface area contributed by atoms with Crippen LogP contribution in [0.1, 0.15) is 17.4 Å². The highest BCUT2D eigenvalue weighted by atomic mass is 16.6. The summed E-state index contributed by atoms with van der Waals surface area (Å²) in [6.45, 7) is 1.87. The molecule has 0 unspecified atom stereocenters. The van der Waals surface area contributed by atoms with E-state index in [1.807, 2.05) is 0 Å². The fourth-order valence-corrected chi connectivity index (χ4v) is 1.51. The molecule has 0 aliphatic carbocycles. The van der Waals surface area contributed by atoms with Gasteiger partial charge in [0.1, 0.15) is 6.20 Å². The molecule has 88 valence electrons. The Balaban J connectivity index is 2.66. The topological polar surface area (TPSA) is 86.7 Å². The molecule has 2 aromatic heterocycles. The summed E-state index contributed by atoms with van der Waals surface area (Å²) < 4.78 is 5.99. The predicted molar refractivity (Wildman–Crippen MR) is 57.8 cm³/mol. The Labute approximate surface area is 95.8 Å². The number of nitrogens with zero attached hydrogens (tertiary/aromatic N) is 3. The van der Waals surface area contributed by atoms with Gasteiger partial charge in [0.25, 0.3) is 0 Å². The number of esters is 1. The predicted octanol–water partition coefficient (Wildman–Crippen LogP) is 1.42. The number of hydrogen-bond donors (Lipinski definition) is 0. The molecular weight excluding hydrogens is 226 g/mol. The standard InChI is InChI=1S/C10H9N3O4/c1-2-17-10(14)7-4-3-5-8-11-6-9(12(7)8)13(15)16/h3-6H,2H2,1H3. The van der Waals surface area contributed by atoms with Gasteiger partial charge in [-0.05, 0) is 17.9 Å². The van der Waals surface area contributed by atoms with Crippen LogP contribution in [0, 0.1) is 10.1 Å². The SMILES string of the molecule is CCOC(=O)c1cccc2ncc([N+](=O)[O-])n12. The van der Waals surface area contributed by atoms with Gasteiger partial charge in [0.05, 0.1) is 6.61 Å². The highest BCUT2D eigenvalue weighted by Gasteiger charge is 2.22. The zero-order valence-electron chi connectivity index (χ0n) is 8.99. The second kappa shape index (κ2) is 4.20. The Hall–Kier alpha value is -2.44. The van der Waals surface area contributed by atoms with Gasteiger partial charge in [-0.25, -0.2) is 9.78 Å². The van der Waals surface area contributed by atoms with E-state index in [1.165, 1.54) is 6.07 Å². The number of fused-ring (bicyclic) bond motifs is 1. The van der Waals surface area contributed by atoms with E-state index >= 15 is 0 Å². The Bertz CT molecular complexity index is 590. The molecule has 2 rings (SSSR count). The van der Waals surface area contributed by atoms with Crippen LogP contribution in [0.4, 0.5) is 5.82 Å². The minimum absolute atomic E-state index is 0.0913. The Kier molecular flexibility index (Phi) is 2.73. The minimum Gasteiger partial charge on any atom is -0.460 e. The van der Waals surface area contributed by atoms with Gasteiger partial charge in [0.15, 0.2) is 0 Å². The number of nitro groups is 1. The molecule has 0 saturated carbocycles. The van der Waals surface area contributed by atoms with E-state index in [4.69, 9.17) is 4.74 Å². The molecule has 2 aromatic rings. The van der Waals surface area contributed by atoms with E-state index in [-0.39, 0.29) is 18.1 Å². The van der Waals surface area contributed by atoms with Crippen molar-refractivity contribution in [3.05, 3.63) is 40.2 Å². The average molecular weight is 235 g/mol. The first-order valence-electron chi connectivity index (χ1n) is 4.93. The molecule has 0 N–H and O–H groups in total. The van der Waals surface area contributed by atoms with E-state index < -0.39 is 10.9 Å². The smallest absolute Gasteiger partial charge is 0.378 e. The van der Waals surface area contributed by atoms with Gasteiger partial charge in [-0.2, -0.15) is 4.40 Å². The van der Waals surface area contributed by atoms with Gasteiger partial charge in [-0.15, -0.1) is 0 Å². The molecule has 0 radical (unpaired) electrons.